The first-order valence-electron chi connectivity index (χ1n) is 8.99. The minimum absolute atomic E-state index is 0.0204. The number of hydrogen-bond acceptors (Lipinski definition) is 4. The zero-order chi connectivity index (χ0) is 19.2. The van der Waals surface area contributed by atoms with Gasteiger partial charge in [0.1, 0.15) is 6.33 Å². The molecule has 0 bridgehead atoms. The summed E-state index contributed by atoms with van der Waals surface area (Å²) in [6, 6.07) is 16.4. The Morgan fingerprint density at radius 3 is 2.59 bits per heavy atom. The minimum Gasteiger partial charge on any atom is -0.351 e. The number of nitrogens with one attached hydrogen (secondary N) is 1. The lowest BCUT2D eigenvalue weighted by Gasteiger charge is -2.10. The van der Waals surface area contributed by atoms with Gasteiger partial charge in [0.25, 0.3) is 0 Å². The first kappa shape index (κ1) is 19.2. The third-order valence-electron chi connectivity index (χ3n) is 4.42. The van der Waals surface area contributed by atoms with Crippen molar-refractivity contribution in [3.63, 3.8) is 0 Å². The van der Waals surface area contributed by atoms with Gasteiger partial charge in [-0.2, -0.15) is 0 Å². The molecule has 1 heterocycles. The summed E-state index contributed by atoms with van der Waals surface area (Å²) in [5.74, 6) is 0.771. The number of carbonyl (C=O) groups excluding carboxylic acids is 1. The minimum atomic E-state index is -0.0204. The van der Waals surface area contributed by atoms with Crippen molar-refractivity contribution < 1.29 is 4.79 Å². The van der Waals surface area contributed by atoms with Gasteiger partial charge in [-0.1, -0.05) is 62.0 Å². The average molecular weight is 381 g/mol. The Labute approximate surface area is 164 Å². The third-order valence-corrected chi connectivity index (χ3v) is 5.37. The standard InChI is InChI=1S/C21H24N4OS/c1-15(2)17-8-10-19(11-9-17)25-14-23-24-21(25)27-13-20(26)22-12-18-7-5-4-6-16(18)3/h4-11,14-15H,12-13H2,1-3H3,(H,22,26). The quantitative estimate of drug-likeness (QED) is 0.627. The zero-order valence-electron chi connectivity index (χ0n) is 15.8. The fourth-order valence-corrected chi connectivity index (χ4v) is 3.46. The van der Waals surface area contributed by atoms with Crippen LogP contribution < -0.4 is 5.32 Å². The molecule has 140 valence electrons. The monoisotopic (exact) mass is 380 g/mol. The lowest BCUT2D eigenvalue weighted by molar-refractivity contribution is -0.118. The molecule has 0 aliphatic carbocycles. The summed E-state index contributed by atoms with van der Waals surface area (Å²) in [6.07, 6.45) is 1.68. The lowest BCUT2D eigenvalue weighted by atomic mass is 10.0. The highest BCUT2D eigenvalue weighted by Gasteiger charge is 2.11. The normalized spacial score (nSPS) is 11.0. The van der Waals surface area contributed by atoms with Crippen LogP contribution >= 0.6 is 11.8 Å². The second-order valence-electron chi connectivity index (χ2n) is 6.72. The molecule has 0 fully saturated rings. The molecule has 0 unspecified atom stereocenters. The van der Waals surface area contributed by atoms with Crippen LogP contribution in [0.4, 0.5) is 0 Å². The van der Waals surface area contributed by atoms with Gasteiger partial charge in [0, 0.05) is 12.2 Å². The number of thioether (sulfide) groups is 1. The van der Waals surface area contributed by atoms with Crippen LogP contribution in [-0.2, 0) is 11.3 Å². The summed E-state index contributed by atoms with van der Waals surface area (Å²) < 4.78 is 1.91. The predicted molar refractivity (Wildman–Crippen MR) is 109 cm³/mol. The van der Waals surface area contributed by atoms with E-state index in [4.69, 9.17) is 0 Å². The SMILES string of the molecule is Cc1ccccc1CNC(=O)CSc1nncn1-c1ccc(C(C)C)cc1. The van der Waals surface area contributed by atoms with Crippen LogP contribution in [0.25, 0.3) is 5.69 Å². The van der Waals surface area contributed by atoms with Crippen molar-refractivity contribution >= 4 is 17.7 Å². The van der Waals surface area contributed by atoms with Crippen LogP contribution in [0.2, 0.25) is 0 Å². The second-order valence-corrected chi connectivity index (χ2v) is 7.66. The summed E-state index contributed by atoms with van der Waals surface area (Å²) in [7, 11) is 0. The van der Waals surface area contributed by atoms with Crippen LogP contribution in [0, 0.1) is 6.92 Å². The molecule has 0 radical (unpaired) electrons. The molecule has 2 aromatic carbocycles. The number of rotatable bonds is 7. The molecule has 0 atom stereocenters. The first-order valence-corrected chi connectivity index (χ1v) is 9.97. The van der Waals surface area contributed by atoms with Gasteiger partial charge in [0.05, 0.1) is 5.75 Å². The van der Waals surface area contributed by atoms with Crippen molar-refractivity contribution in [2.45, 2.75) is 38.4 Å². The van der Waals surface area contributed by atoms with Gasteiger partial charge in [-0.05, 0) is 41.7 Å². The largest absolute Gasteiger partial charge is 0.351 e. The number of nitrogens with zero attached hydrogens (tertiary/aromatic N) is 3. The molecule has 0 saturated carbocycles. The predicted octanol–water partition coefficient (Wildman–Crippen LogP) is 4.11. The van der Waals surface area contributed by atoms with E-state index in [-0.39, 0.29) is 5.91 Å². The first-order chi connectivity index (χ1) is 13.0. The van der Waals surface area contributed by atoms with E-state index in [9.17, 15) is 4.79 Å². The number of carbonyl (C=O) groups is 1. The Hall–Kier alpha value is -2.60. The van der Waals surface area contributed by atoms with Gasteiger partial charge in [-0.3, -0.25) is 9.36 Å². The van der Waals surface area contributed by atoms with E-state index in [0.717, 1.165) is 11.3 Å². The van der Waals surface area contributed by atoms with E-state index >= 15 is 0 Å². The molecule has 3 aromatic rings. The molecule has 1 aromatic heterocycles. The van der Waals surface area contributed by atoms with Gasteiger partial charge < -0.3 is 5.32 Å². The maximum Gasteiger partial charge on any atom is 0.230 e. The smallest absolute Gasteiger partial charge is 0.230 e. The molecule has 0 aliphatic rings. The Bertz CT molecular complexity index is 903. The Morgan fingerprint density at radius 1 is 1.15 bits per heavy atom. The number of amides is 1. The molecule has 5 nitrogen and oxygen atoms in total. The van der Waals surface area contributed by atoms with Crippen molar-refractivity contribution in [1.29, 1.82) is 0 Å². The Balaban J connectivity index is 1.58. The Kier molecular flexibility index (Phi) is 6.29. The molecular formula is C21H24N4OS. The maximum absolute atomic E-state index is 12.2. The molecule has 3 rings (SSSR count). The van der Waals surface area contributed by atoms with E-state index in [0.29, 0.717) is 23.4 Å². The highest BCUT2D eigenvalue weighted by molar-refractivity contribution is 7.99. The lowest BCUT2D eigenvalue weighted by Crippen LogP contribution is -2.25. The van der Waals surface area contributed by atoms with Crippen LogP contribution in [0.5, 0.6) is 0 Å². The van der Waals surface area contributed by atoms with Gasteiger partial charge in [0.2, 0.25) is 5.91 Å². The molecule has 27 heavy (non-hydrogen) atoms. The third kappa shape index (κ3) is 4.98. The van der Waals surface area contributed by atoms with Crippen molar-refractivity contribution in [3.05, 3.63) is 71.5 Å². The molecule has 1 amide bonds. The van der Waals surface area contributed by atoms with Crippen molar-refractivity contribution in [3.8, 4) is 5.69 Å². The summed E-state index contributed by atoms with van der Waals surface area (Å²) in [4.78, 5) is 12.2. The van der Waals surface area contributed by atoms with Crippen LogP contribution in [0.3, 0.4) is 0 Å². The summed E-state index contributed by atoms with van der Waals surface area (Å²) in [5.41, 5.74) is 4.59. The van der Waals surface area contributed by atoms with E-state index in [2.05, 4.69) is 53.6 Å². The summed E-state index contributed by atoms with van der Waals surface area (Å²) in [5, 5.41) is 11.8. The van der Waals surface area contributed by atoms with Crippen molar-refractivity contribution in [1.82, 2.24) is 20.1 Å². The summed E-state index contributed by atoms with van der Waals surface area (Å²) in [6.45, 7) is 6.92. The van der Waals surface area contributed by atoms with Gasteiger partial charge >= 0.3 is 0 Å². The van der Waals surface area contributed by atoms with Crippen LogP contribution in [0.15, 0.2) is 60.0 Å². The highest BCUT2D eigenvalue weighted by Crippen LogP contribution is 2.21. The van der Waals surface area contributed by atoms with Crippen LogP contribution in [-0.4, -0.2) is 26.4 Å². The maximum atomic E-state index is 12.2. The van der Waals surface area contributed by atoms with E-state index < -0.39 is 0 Å². The molecule has 0 aliphatic heterocycles. The fourth-order valence-electron chi connectivity index (χ4n) is 2.70. The number of aryl methyl sites for hydroxylation is 1. The molecule has 0 spiro atoms. The Morgan fingerprint density at radius 2 is 1.89 bits per heavy atom. The van der Waals surface area contributed by atoms with Gasteiger partial charge in [-0.15, -0.1) is 10.2 Å². The van der Waals surface area contributed by atoms with Crippen molar-refractivity contribution in [2.75, 3.05) is 5.75 Å². The molecule has 6 heteroatoms. The van der Waals surface area contributed by atoms with Gasteiger partial charge in [-0.25, -0.2) is 0 Å². The number of aromatic nitrogens is 3. The molecule has 0 saturated heterocycles. The molecular weight excluding hydrogens is 356 g/mol. The van der Waals surface area contributed by atoms with E-state index in [1.807, 2.05) is 35.8 Å². The number of benzene rings is 2. The van der Waals surface area contributed by atoms with E-state index in [1.165, 1.54) is 22.9 Å². The molecule has 1 N–H and O–H groups in total. The van der Waals surface area contributed by atoms with Crippen molar-refractivity contribution in [2.24, 2.45) is 0 Å². The second kappa shape index (κ2) is 8.86. The highest BCUT2D eigenvalue weighted by atomic mass is 32.2. The fraction of sp³-hybridized carbons (Fsp3) is 0.286. The zero-order valence-corrected chi connectivity index (χ0v) is 16.7. The topological polar surface area (TPSA) is 59.8 Å². The summed E-state index contributed by atoms with van der Waals surface area (Å²) >= 11 is 1.38. The van der Waals surface area contributed by atoms with Crippen LogP contribution in [0.1, 0.15) is 36.5 Å². The van der Waals surface area contributed by atoms with Gasteiger partial charge in [0.15, 0.2) is 5.16 Å². The number of hydrogen-bond donors (Lipinski definition) is 1. The van der Waals surface area contributed by atoms with E-state index in [1.54, 1.807) is 6.33 Å². The average Bonchev–Trinajstić information content (AvgIpc) is 3.14.